The third-order valence-corrected chi connectivity index (χ3v) is 7.67. The van der Waals surface area contributed by atoms with E-state index in [0.29, 0.717) is 35.1 Å². The third kappa shape index (κ3) is 6.67. The fraction of sp³-hybridized carbons (Fsp3) is 0.400. The third-order valence-electron chi connectivity index (χ3n) is 6.79. The summed E-state index contributed by atoms with van der Waals surface area (Å²) < 4.78 is 16.7. The van der Waals surface area contributed by atoms with Crippen LogP contribution in [0.5, 0.6) is 17.2 Å². The van der Waals surface area contributed by atoms with Crippen molar-refractivity contribution in [3.05, 3.63) is 70.4 Å². The van der Waals surface area contributed by atoms with Crippen molar-refractivity contribution in [1.29, 1.82) is 0 Å². The molecule has 1 aliphatic carbocycles. The molecule has 1 aromatic heterocycles. The molecule has 3 aromatic rings. The van der Waals surface area contributed by atoms with Crippen molar-refractivity contribution < 1.29 is 23.8 Å². The van der Waals surface area contributed by atoms with Crippen LogP contribution in [0, 0.1) is 0 Å². The summed E-state index contributed by atoms with van der Waals surface area (Å²) in [6.45, 7) is 2.46. The summed E-state index contributed by atoms with van der Waals surface area (Å²) in [7, 11) is 3.14. The molecule has 1 atom stereocenters. The molecule has 0 bridgehead atoms. The molecular formula is C30H36N2O5S. The van der Waals surface area contributed by atoms with E-state index in [-0.39, 0.29) is 24.3 Å². The Morgan fingerprint density at radius 1 is 1.00 bits per heavy atom. The van der Waals surface area contributed by atoms with Crippen molar-refractivity contribution in [2.24, 2.45) is 0 Å². The van der Waals surface area contributed by atoms with Crippen molar-refractivity contribution in [2.45, 2.75) is 57.5 Å². The number of hydrogen-bond acceptors (Lipinski definition) is 6. The number of nitrogens with one attached hydrogen (secondary N) is 1. The van der Waals surface area contributed by atoms with Gasteiger partial charge in [0.25, 0.3) is 0 Å². The van der Waals surface area contributed by atoms with Crippen LogP contribution in [0.4, 0.5) is 5.69 Å². The average molecular weight is 537 g/mol. The molecule has 38 heavy (non-hydrogen) atoms. The van der Waals surface area contributed by atoms with Gasteiger partial charge in [0.2, 0.25) is 11.8 Å². The Labute approximate surface area is 228 Å². The van der Waals surface area contributed by atoms with Gasteiger partial charge in [-0.05, 0) is 67.6 Å². The minimum atomic E-state index is -0.941. The lowest BCUT2D eigenvalue weighted by Gasteiger charge is -2.34. The van der Waals surface area contributed by atoms with Gasteiger partial charge in [0.1, 0.15) is 23.3 Å². The molecule has 2 amide bonds. The molecule has 1 N–H and O–H groups in total. The predicted octanol–water partition coefficient (Wildman–Crippen LogP) is 5.93. The monoisotopic (exact) mass is 536 g/mol. The quantitative estimate of drug-likeness (QED) is 0.329. The molecule has 4 rings (SSSR count). The number of methoxy groups -OCH3 is 2. The number of ether oxygens (including phenoxy) is 3. The molecule has 7 nitrogen and oxygen atoms in total. The highest BCUT2D eigenvalue weighted by Crippen LogP contribution is 2.37. The highest BCUT2D eigenvalue weighted by atomic mass is 32.1. The zero-order valence-electron chi connectivity index (χ0n) is 22.3. The summed E-state index contributed by atoms with van der Waals surface area (Å²) in [4.78, 5) is 30.6. The molecular weight excluding hydrogens is 500 g/mol. The highest BCUT2D eigenvalue weighted by Gasteiger charge is 2.36. The normalized spacial score (nSPS) is 14.4. The fourth-order valence-corrected chi connectivity index (χ4v) is 5.62. The first-order chi connectivity index (χ1) is 18.5. The summed E-state index contributed by atoms with van der Waals surface area (Å²) >= 11 is 1.52. The Hall–Kier alpha value is -3.52. The molecule has 2 aromatic carbocycles. The van der Waals surface area contributed by atoms with E-state index in [4.69, 9.17) is 14.2 Å². The second kappa shape index (κ2) is 13.3. The smallest absolute Gasteiger partial charge is 0.248 e. The Kier molecular flexibility index (Phi) is 9.65. The topological polar surface area (TPSA) is 77.1 Å². The van der Waals surface area contributed by atoms with Crippen molar-refractivity contribution in [1.82, 2.24) is 5.32 Å². The van der Waals surface area contributed by atoms with Crippen LogP contribution in [0.15, 0.2) is 60.0 Å². The first-order valence-electron chi connectivity index (χ1n) is 13.1. The zero-order chi connectivity index (χ0) is 26.9. The number of carbonyl (C=O) groups excluding carboxylic acids is 2. The molecule has 1 saturated carbocycles. The SMILES string of the molecule is CCOc1ccc(N(C(=O)Cc2cccs2)[C@@H](C(=O)NC2CCCCC2)c2ccc(OC)cc2OC)cc1. The summed E-state index contributed by atoms with van der Waals surface area (Å²) in [5.74, 6) is 1.38. The summed E-state index contributed by atoms with van der Waals surface area (Å²) in [6.07, 6.45) is 5.40. The largest absolute Gasteiger partial charge is 0.497 e. The van der Waals surface area contributed by atoms with Gasteiger partial charge in [-0.1, -0.05) is 25.3 Å². The van der Waals surface area contributed by atoms with E-state index < -0.39 is 6.04 Å². The van der Waals surface area contributed by atoms with E-state index in [1.54, 1.807) is 31.3 Å². The van der Waals surface area contributed by atoms with Crippen LogP contribution in [0.2, 0.25) is 0 Å². The maximum absolute atomic E-state index is 14.1. The number of nitrogens with zero attached hydrogens (tertiary/aromatic N) is 1. The molecule has 0 saturated heterocycles. The molecule has 0 unspecified atom stereocenters. The van der Waals surface area contributed by atoms with E-state index >= 15 is 0 Å². The van der Waals surface area contributed by atoms with Gasteiger partial charge >= 0.3 is 0 Å². The lowest BCUT2D eigenvalue weighted by atomic mass is 9.94. The maximum atomic E-state index is 14.1. The fourth-order valence-electron chi connectivity index (χ4n) is 4.92. The van der Waals surface area contributed by atoms with Gasteiger partial charge in [0, 0.05) is 28.2 Å². The van der Waals surface area contributed by atoms with Gasteiger partial charge in [-0.15, -0.1) is 11.3 Å². The van der Waals surface area contributed by atoms with Crippen molar-refractivity contribution in [2.75, 3.05) is 25.7 Å². The zero-order valence-corrected chi connectivity index (χ0v) is 23.1. The minimum Gasteiger partial charge on any atom is -0.497 e. The second-order valence-corrected chi connectivity index (χ2v) is 10.3. The Balaban J connectivity index is 1.80. The number of hydrogen-bond donors (Lipinski definition) is 1. The van der Waals surface area contributed by atoms with Gasteiger partial charge in [-0.25, -0.2) is 0 Å². The molecule has 202 valence electrons. The molecule has 0 aliphatic heterocycles. The predicted molar refractivity (Wildman–Crippen MR) is 150 cm³/mol. The minimum absolute atomic E-state index is 0.0811. The number of rotatable bonds is 11. The first-order valence-corrected chi connectivity index (χ1v) is 14.0. The van der Waals surface area contributed by atoms with E-state index in [2.05, 4.69) is 5.32 Å². The van der Waals surface area contributed by atoms with E-state index in [1.807, 2.05) is 54.8 Å². The Bertz CT molecular complexity index is 1190. The average Bonchev–Trinajstić information content (AvgIpc) is 3.45. The molecule has 0 radical (unpaired) electrons. The van der Waals surface area contributed by atoms with Crippen molar-refractivity contribution in [3.63, 3.8) is 0 Å². The second-order valence-electron chi connectivity index (χ2n) is 9.30. The lowest BCUT2D eigenvalue weighted by molar-refractivity contribution is -0.127. The van der Waals surface area contributed by atoms with Gasteiger partial charge in [-0.2, -0.15) is 0 Å². The van der Waals surface area contributed by atoms with Crippen LogP contribution in [-0.4, -0.2) is 38.7 Å². The van der Waals surface area contributed by atoms with Crippen LogP contribution in [0.25, 0.3) is 0 Å². The van der Waals surface area contributed by atoms with Crippen molar-refractivity contribution in [3.8, 4) is 17.2 Å². The van der Waals surface area contributed by atoms with E-state index in [9.17, 15) is 9.59 Å². The van der Waals surface area contributed by atoms with E-state index in [1.165, 1.54) is 17.8 Å². The van der Waals surface area contributed by atoms with Crippen LogP contribution in [-0.2, 0) is 16.0 Å². The molecule has 1 fully saturated rings. The van der Waals surface area contributed by atoms with Crippen LogP contribution in [0.1, 0.15) is 55.5 Å². The highest BCUT2D eigenvalue weighted by molar-refractivity contribution is 7.10. The standard InChI is InChI=1S/C30H36N2O5S/c1-4-37-23-14-12-22(13-15-23)32(28(33)20-25-11-8-18-38-25)29(30(34)31-21-9-6-5-7-10-21)26-17-16-24(35-2)19-27(26)36-3/h8,11-19,21,29H,4-7,9-10,20H2,1-3H3,(H,31,34)/t29-/m1/s1. The number of thiophene rings is 1. The number of anilines is 1. The summed E-state index contributed by atoms with van der Waals surface area (Å²) in [5.41, 5.74) is 1.20. The van der Waals surface area contributed by atoms with Crippen molar-refractivity contribution >= 4 is 28.8 Å². The molecule has 1 heterocycles. The van der Waals surface area contributed by atoms with Gasteiger partial charge in [0.05, 0.1) is 27.2 Å². The maximum Gasteiger partial charge on any atom is 0.248 e. The number of amides is 2. The van der Waals surface area contributed by atoms with Crippen LogP contribution < -0.4 is 24.4 Å². The van der Waals surface area contributed by atoms with Crippen LogP contribution >= 0.6 is 11.3 Å². The van der Waals surface area contributed by atoms with Gasteiger partial charge in [0.15, 0.2) is 0 Å². The van der Waals surface area contributed by atoms with E-state index in [0.717, 1.165) is 30.6 Å². The molecule has 8 heteroatoms. The van der Waals surface area contributed by atoms with Crippen LogP contribution in [0.3, 0.4) is 0 Å². The number of benzene rings is 2. The Morgan fingerprint density at radius 3 is 2.37 bits per heavy atom. The summed E-state index contributed by atoms with van der Waals surface area (Å²) in [5, 5.41) is 5.20. The molecule has 0 spiro atoms. The first kappa shape index (κ1) is 27.5. The van der Waals surface area contributed by atoms with Gasteiger partial charge < -0.3 is 19.5 Å². The Morgan fingerprint density at radius 2 is 1.74 bits per heavy atom. The molecule has 1 aliphatic rings. The lowest BCUT2D eigenvalue weighted by Crippen LogP contribution is -2.47. The van der Waals surface area contributed by atoms with Gasteiger partial charge in [-0.3, -0.25) is 14.5 Å². The summed E-state index contributed by atoms with van der Waals surface area (Å²) in [6, 6.07) is 15.6. The number of carbonyl (C=O) groups is 2.